The van der Waals surface area contributed by atoms with Crippen LogP contribution in [-0.4, -0.2) is 13.1 Å². The summed E-state index contributed by atoms with van der Waals surface area (Å²) in [5, 5.41) is 0. The van der Waals surface area contributed by atoms with Gasteiger partial charge in [-0.25, -0.2) is 4.39 Å². The van der Waals surface area contributed by atoms with Gasteiger partial charge < -0.3 is 10.5 Å². The zero-order chi connectivity index (χ0) is 12.1. The molecule has 0 saturated carbocycles. The number of ether oxygens (including phenoxy) is 1. The topological polar surface area (TPSA) is 52.3 Å². The maximum absolute atomic E-state index is 13.5. The second-order valence-corrected chi connectivity index (χ2v) is 3.69. The Balaban J connectivity index is 2.73. The molecule has 4 heteroatoms. The van der Waals surface area contributed by atoms with Crippen molar-refractivity contribution in [3.8, 4) is 0 Å². The van der Waals surface area contributed by atoms with Crippen molar-refractivity contribution >= 4 is 5.97 Å². The molecule has 1 unspecified atom stereocenters. The van der Waals surface area contributed by atoms with E-state index in [1.807, 2.05) is 0 Å². The largest absolute Gasteiger partial charge is 0.469 e. The average molecular weight is 225 g/mol. The molecule has 0 saturated heterocycles. The highest BCUT2D eigenvalue weighted by atomic mass is 19.1. The molecule has 1 aromatic rings. The Morgan fingerprint density at radius 3 is 2.81 bits per heavy atom. The van der Waals surface area contributed by atoms with Crippen LogP contribution in [0.25, 0.3) is 0 Å². The van der Waals surface area contributed by atoms with Gasteiger partial charge in [-0.2, -0.15) is 0 Å². The van der Waals surface area contributed by atoms with Crippen LogP contribution >= 0.6 is 0 Å². The van der Waals surface area contributed by atoms with Crippen molar-refractivity contribution in [2.75, 3.05) is 7.11 Å². The summed E-state index contributed by atoms with van der Waals surface area (Å²) in [6.07, 6.45) is 0.583. The van der Waals surface area contributed by atoms with Crippen molar-refractivity contribution in [3.63, 3.8) is 0 Å². The molecule has 0 bridgehead atoms. The van der Waals surface area contributed by atoms with E-state index in [1.165, 1.54) is 13.2 Å². The predicted molar refractivity (Wildman–Crippen MR) is 59.3 cm³/mol. The summed E-state index contributed by atoms with van der Waals surface area (Å²) in [6.45, 7) is 1.80. The molecule has 0 radical (unpaired) electrons. The Hall–Kier alpha value is -1.42. The monoisotopic (exact) mass is 225 g/mol. The molecule has 0 fully saturated rings. The first-order valence-electron chi connectivity index (χ1n) is 5.13. The van der Waals surface area contributed by atoms with Crippen molar-refractivity contribution in [3.05, 3.63) is 35.1 Å². The first-order chi connectivity index (χ1) is 7.56. The van der Waals surface area contributed by atoms with Crippen LogP contribution in [0.3, 0.4) is 0 Å². The van der Waals surface area contributed by atoms with Gasteiger partial charge in [-0.3, -0.25) is 4.79 Å². The minimum absolute atomic E-state index is 0.200. The van der Waals surface area contributed by atoms with Gasteiger partial charge in [0.15, 0.2) is 0 Å². The zero-order valence-corrected chi connectivity index (χ0v) is 9.50. The summed E-state index contributed by atoms with van der Waals surface area (Å²) in [5.74, 6) is -0.651. The molecule has 0 heterocycles. The summed E-state index contributed by atoms with van der Waals surface area (Å²) in [7, 11) is 1.32. The third-order valence-electron chi connectivity index (χ3n) is 2.53. The smallest absolute Gasteiger partial charge is 0.305 e. The van der Waals surface area contributed by atoms with Gasteiger partial charge in [-0.15, -0.1) is 0 Å². The molecular formula is C12H16FNO2. The molecule has 88 valence electrons. The number of hydrogen-bond donors (Lipinski definition) is 1. The van der Waals surface area contributed by atoms with Gasteiger partial charge >= 0.3 is 5.97 Å². The second-order valence-electron chi connectivity index (χ2n) is 3.69. The first kappa shape index (κ1) is 12.6. The molecule has 1 aromatic carbocycles. The third kappa shape index (κ3) is 3.03. The number of rotatable bonds is 4. The number of aryl methyl sites for hydroxylation is 1. The highest BCUT2D eigenvalue weighted by Gasteiger charge is 2.15. The third-order valence-corrected chi connectivity index (χ3v) is 2.53. The molecule has 0 aliphatic carbocycles. The van der Waals surface area contributed by atoms with Crippen LogP contribution in [0.1, 0.15) is 30.0 Å². The van der Waals surface area contributed by atoms with Crippen LogP contribution in [0.15, 0.2) is 18.2 Å². The lowest BCUT2D eigenvalue weighted by atomic mass is 9.98. The van der Waals surface area contributed by atoms with Gasteiger partial charge in [0.05, 0.1) is 7.11 Å². The van der Waals surface area contributed by atoms with Crippen LogP contribution in [0, 0.1) is 12.7 Å². The molecule has 0 spiro atoms. The number of nitrogens with two attached hydrogens (primary N) is 1. The molecule has 0 aliphatic heterocycles. The van der Waals surface area contributed by atoms with Gasteiger partial charge in [-0.05, 0) is 25.0 Å². The van der Waals surface area contributed by atoms with Crippen molar-refractivity contribution in [1.82, 2.24) is 0 Å². The number of carbonyl (C=O) groups excluding carboxylic acids is 1. The van der Waals surface area contributed by atoms with E-state index in [0.29, 0.717) is 12.0 Å². The number of hydrogen-bond acceptors (Lipinski definition) is 3. The van der Waals surface area contributed by atoms with Gasteiger partial charge in [0.2, 0.25) is 0 Å². The summed E-state index contributed by atoms with van der Waals surface area (Å²) in [6, 6.07) is 4.35. The quantitative estimate of drug-likeness (QED) is 0.798. The second kappa shape index (κ2) is 5.61. The Kier molecular flexibility index (Phi) is 4.43. The van der Waals surface area contributed by atoms with Crippen LogP contribution in [0.4, 0.5) is 4.39 Å². The number of carbonyl (C=O) groups is 1. The number of benzene rings is 1. The summed E-state index contributed by atoms with van der Waals surface area (Å²) < 4.78 is 18.0. The molecule has 1 rings (SSSR count). The zero-order valence-electron chi connectivity index (χ0n) is 9.50. The fourth-order valence-electron chi connectivity index (χ4n) is 1.63. The fourth-order valence-corrected chi connectivity index (χ4v) is 1.63. The minimum Gasteiger partial charge on any atom is -0.469 e. The normalized spacial score (nSPS) is 12.2. The van der Waals surface area contributed by atoms with E-state index in [1.54, 1.807) is 19.1 Å². The van der Waals surface area contributed by atoms with E-state index in [0.717, 1.165) is 5.56 Å². The number of esters is 1. The van der Waals surface area contributed by atoms with Crippen LogP contribution < -0.4 is 5.73 Å². The highest BCUT2D eigenvalue weighted by Crippen LogP contribution is 2.22. The molecule has 3 nitrogen and oxygen atoms in total. The van der Waals surface area contributed by atoms with Gasteiger partial charge in [-0.1, -0.05) is 12.1 Å². The Labute approximate surface area is 94.4 Å². The summed E-state index contributed by atoms with van der Waals surface area (Å²) in [4.78, 5) is 10.9. The van der Waals surface area contributed by atoms with E-state index in [4.69, 9.17) is 5.73 Å². The fraction of sp³-hybridized carbons (Fsp3) is 0.417. The van der Waals surface area contributed by atoms with Crippen LogP contribution in [0.2, 0.25) is 0 Å². The maximum Gasteiger partial charge on any atom is 0.305 e. The van der Waals surface area contributed by atoms with Gasteiger partial charge in [0, 0.05) is 18.0 Å². The molecule has 16 heavy (non-hydrogen) atoms. The molecule has 0 aliphatic rings. The Bertz CT molecular complexity index is 359. The minimum atomic E-state index is -0.472. The Morgan fingerprint density at radius 2 is 2.25 bits per heavy atom. The standard InChI is InChI=1S/C12H16FNO2/c1-8-4-3-5-9(13)12(8)10(14)6-7-11(15)16-2/h3-5,10H,6-7,14H2,1-2H3. The highest BCUT2D eigenvalue weighted by molar-refractivity contribution is 5.69. The molecule has 0 amide bonds. The Morgan fingerprint density at radius 1 is 1.56 bits per heavy atom. The molecule has 0 aromatic heterocycles. The molecule has 2 N–H and O–H groups in total. The molecular weight excluding hydrogens is 209 g/mol. The first-order valence-corrected chi connectivity index (χ1v) is 5.13. The number of methoxy groups -OCH3 is 1. The molecule has 1 atom stereocenters. The average Bonchev–Trinajstić information content (AvgIpc) is 2.25. The van der Waals surface area contributed by atoms with E-state index in [9.17, 15) is 9.18 Å². The van der Waals surface area contributed by atoms with E-state index < -0.39 is 6.04 Å². The lowest BCUT2D eigenvalue weighted by molar-refractivity contribution is -0.140. The summed E-state index contributed by atoms with van der Waals surface area (Å²) in [5.41, 5.74) is 7.13. The van der Waals surface area contributed by atoms with Crippen molar-refractivity contribution in [1.29, 1.82) is 0 Å². The SMILES string of the molecule is COC(=O)CCC(N)c1c(C)cccc1F. The maximum atomic E-state index is 13.5. The van der Waals surface area contributed by atoms with E-state index in [-0.39, 0.29) is 18.2 Å². The van der Waals surface area contributed by atoms with Crippen molar-refractivity contribution in [2.45, 2.75) is 25.8 Å². The van der Waals surface area contributed by atoms with E-state index >= 15 is 0 Å². The number of halogens is 1. The van der Waals surface area contributed by atoms with Crippen molar-refractivity contribution in [2.24, 2.45) is 5.73 Å². The van der Waals surface area contributed by atoms with Gasteiger partial charge in [0.25, 0.3) is 0 Å². The van der Waals surface area contributed by atoms with Crippen molar-refractivity contribution < 1.29 is 13.9 Å². The summed E-state index contributed by atoms with van der Waals surface area (Å²) >= 11 is 0. The van der Waals surface area contributed by atoms with E-state index in [2.05, 4.69) is 4.74 Å². The lowest BCUT2D eigenvalue weighted by Gasteiger charge is -2.14. The van der Waals surface area contributed by atoms with Crippen LogP contribution in [-0.2, 0) is 9.53 Å². The van der Waals surface area contributed by atoms with Crippen LogP contribution in [0.5, 0.6) is 0 Å². The lowest BCUT2D eigenvalue weighted by Crippen LogP contribution is -2.15. The predicted octanol–water partition coefficient (Wildman–Crippen LogP) is 2.09. The van der Waals surface area contributed by atoms with Gasteiger partial charge in [0.1, 0.15) is 5.82 Å².